The summed E-state index contributed by atoms with van der Waals surface area (Å²) >= 11 is 3.32. The van der Waals surface area contributed by atoms with Gasteiger partial charge in [-0.05, 0) is 26.0 Å². The number of hydrogen-bond donors (Lipinski definition) is 0. The molecular formula is C12H15BrF3N. The van der Waals surface area contributed by atoms with Gasteiger partial charge in [-0.3, -0.25) is 0 Å². The fourth-order valence-corrected chi connectivity index (χ4v) is 1.80. The van der Waals surface area contributed by atoms with E-state index < -0.39 is 11.7 Å². The average Bonchev–Trinajstić information content (AvgIpc) is 2.27. The number of halogens is 4. The Kier molecular flexibility index (Phi) is 4.12. The number of rotatable bonds is 3. The summed E-state index contributed by atoms with van der Waals surface area (Å²) in [7, 11) is 1.67. The summed E-state index contributed by atoms with van der Waals surface area (Å²) in [5.41, 5.74) is -0.789. The van der Waals surface area contributed by atoms with Gasteiger partial charge in [-0.25, -0.2) is 0 Å². The van der Waals surface area contributed by atoms with Crippen LogP contribution in [0.5, 0.6) is 0 Å². The maximum absolute atomic E-state index is 12.9. The number of hydrogen-bond acceptors (Lipinski definition) is 1. The molecule has 0 bridgehead atoms. The molecule has 5 heteroatoms. The molecule has 96 valence electrons. The third-order valence-electron chi connectivity index (χ3n) is 2.81. The Morgan fingerprint density at radius 3 is 2.18 bits per heavy atom. The van der Waals surface area contributed by atoms with E-state index in [1.165, 1.54) is 12.1 Å². The van der Waals surface area contributed by atoms with E-state index >= 15 is 0 Å². The first-order valence-electron chi connectivity index (χ1n) is 5.16. The fourth-order valence-electron chi connectivity index (χ4n) is 1.42. The van der Waals surface area contributed by atoms with Crippen LogP contribution in [0.4, 0.5) is 18.9 Å². The van der Waals surface area contributed by atoms with Crippen LogP contribution in [0.3, 0.4) is 0 Å². The second-order valence-electron chi connectivity index (χ2n) is 4.52. The Morgan fingerprint density at radius 1 is 1.18 bits per heavy atom. The second kappa shape index (κ2) is 4.88. The van der Waals surface area contributed by atoms with Gasteiger partial charge < -0.3 is 4.90 Å². The predicted octanol–water partition coefficient (Wildman–Crippen LogP) is 4.32. The first-order chi connectivity index (χ1) is 7.70. The van der Waals surface area contributed by atoms with Crippen molar-refractivity contribution in [2.45, 2.75) is 25.6 Å². The van der Waals surface area contributed by atoms with Crippen LogP contribution >= 0.6 is 15.9 Å². The van der Waals surface area contributed by atoms with Gasteiger partial charge in [0.05, 0.1) is 5.56 Å². The molecular weight excluding hydrogens is 295 g/mol. The van der Waals surface area contributed by atoms with Gasteiger partial charge in [-0.15, -0.1) is 0 Å². The highest BCUT2D eigenvalue weighted by molar-refractivity contribution is 9.09. The fraction of sp³-hybridized carbons (Fsp3) is 0.500. The number of alkyl halides is 4. The average molecular weight is 310 g/mol. The molecule has 1 nitrogen and oxygen atoms in total. The quantitative estimate of drug-likeness (QED) is 0.752. The van der Waals surface area contributed by atoms with Crippen molar-refractivity contribution >= 4 is 21.6 Å². The number of benzene rings is 1. The molecule has 1 aromatic carbocycles. The Hall–Kier alpha value is -0.710. The van der Waals surface area contributed by atoms with Crippen molar-refractivity contribution < 1.29 is 13.2 Å². The summed E-state index contributed by atoms with van der Waals surface area (Å²) in [6.45, 7) is 3.77. The molecule has 0 spiro atoms. The minimum absolute atomic E-state index is 0.199. The Morgan fingerprint density at radius 2 is 1.71 bits per heavy atom. The van der Waals surface area contributed by atoms with Crippen LogP contribution in [0.25, 0.3) is 0 Å². The highest BCUT2D eigenvalue weighted by Crippen LogP contribution is 2.38. The van der Waals surface area contributed by atoms with E-state index in [2.05, 4.69) is 15.9 Å². The minimum Gasteiger partial charge on any atom is -0.368 e. The SMILES string of the molecule is CN(c1ccccc1C(F)(F)F)C(C)(C)CBr. The zero-order valence-corrected chi connectivity index (χ0v) is 11.6. The molecule has 0 aromatic heterocycles. The van der Waals surface area contributed by atoms with E-state index in [0.29, 0.717) is 5.33 Å². The standard InChI is InChI=1S/C12H15BrF3N/c1-11(2,8-13)17(3)10-7-5-4-6-9(10)12(14,15)16/h4-7H,8H2,1-3H3. The zero-order valence-electron chi connectivity index (χ0n) is 9.98. The summed E-state index contributed by atoms with van der Waals surface area (Å²) in [6.07, 6.45) is -4.33. The summed E-state index contributed by atoms with van der Waals surface area (Å²) in [4.78, 5) is 1.64. The minimum atomic E-state index is -4.33. The van der Waals surface area contributed by atoms with Crippen LogP contribution in [0.1, 0.15) is 19.4 Å². The molecule has 0 aliphatic rings. The number of anilines is 1. The Labute approximate surface area is 108 Å². The van der Waals surface area contributed by atoms with Crippen LogP contribution in [0.2, 0.25) is 0 Å². The van der Waals surface area contributed by atoms with Crippen molar-refractivity contribution in [2.75, 3.05) is 17.3 Å². The maximum atomic E-state index is 12.9. The van der Waals surface area contributed by atoms with Crippen molar-refractivity contribution in [1.82, 2.24) is 0 Å². The lowest BCUT2D eigenvalue weighted by molar-refractivity contribution is -0.137. The topological polar surface area (TPSA) is 3.24 Å². The molecule has 0 fully saturated rings. The molecule has 0 aliphatic heterocycles. The molecule has 0 amide bonds. The van der Waals surface area contributed by atoms with E-state index in [1.54, 1.807) is 18.0 Å². The molecule has 0 saturated carbocycles. The molecule has 0 unspecified atom stereocenters. The lowest BCUT2D eigenvalue weighted by atomic mass is 10.0. The predicted molar refractivity (Wildman–Crippen MR) is 67.7 cm³/mol. The van der Waals surface area contributed by atoms with Gasteiger partial charge >= 0.3 is 6.18 Å². The molecule has 0 atom stereocenters. The molecule has 1 aromatic rings. The van der Waals surface area contributed by atoms with Crippen LogP contribution < -0.4 is 4.90 Å². The molecule has 0 saturated heterocycles. The molecule has 0 N–H and O–H groups in total. The molecule has 0 aliphatic carbocycles. The summed E-state index contributed by atoms with van der Waals surface area (Å²) in [5.74, 6) is 0. The van der Waals surface area contributed by atoms with Gasteiger partial charge in [0.15, 0.2) is 0 Å². The monoisotopic (exact) mass is 309 g/mol. The van der Waals surface area contributed by atoms with E-state index in [4.69, 9.17) is 0 Å². The van der Waals surface area contributed by atoms with Crippen molar-refractivity contribution in [1.29, 1.82) is 0 Å². The van der Waals surface area contributed by atoms with Gasteiger partial charge in [0.25, 0.3) is 0 Å². The van der Waals surface area contributed by atoms with Gasteiger partial charge in [0, 0.05) is 23.6 Å². The molecule has 0 heterocycles. The summed E-state index contributed by atoms with van der Waals surface area (Å²) in [5, 5.41) is 0.586. The van der Waals surface area contributed by atoms with Crippen molar-refractivity contribution in [3.05, 3.63) is 29.8 Å². The largest absolute Gasteiger partial charge is 0.418 e. The number of nitrogens with zero attached hydrogens (tertiary/aromatic N) is 1. The van der Waals surface area contributed by atoms with Crippen molar-refractivity contribution in [3.8, 4) is 0 Å². The van der Waals surface area contributed by atoms with Crippen molar-refractivity contribution in [3.63, 3.8) is 0 Å². The van der Waals surface area contributed by atoms with Crippen molar-refractivity contribution in [2.24, 2.45) is 0 Å². The highest BCUT2D eigenvalue weighted by Gasteiger charge is 2.36. The van der Waals surface area contributed by atoms with Crippen LogP contribution in [-0.4, -0.2) is 17.9 Å². The van der Waals surface area contributed by atoms with E-state index in [-0.39, 0.29) is 11.2 Å². The number of para-hydroxylation sites is 1. The Bertz CT molecular complexity index is 388. The van der Waals surface area contributed by atoms with E-state index in [9.17, 15) is 13.2 Å². The van der Waals surface area contributed by atoms with Gasteiger partial charge in [0.1, 0.15) is 0 Å². The van der Waals surface area contributed by atoms with Crippen LogP contribution in [0, 0.1) is 0 Å². The van der Waals surface area contributed by atoms with Gasteiger partial charge in [0.2, 0.25) is 0 Å². The van der Waals surface area contributed by atoms with Gasteiger partial charge in [-0.1, -0.05) is 28.1 Å². The Balaban J connectivity index is 3.23. The second-order valence-corrected chi connectivity index (χ2v) is 5.08. The third-order valence-corrected chi connectivity index (χ3v) is 4.18. The first kappa shape index (κ1) is 14.4. The maximum Gasteiger partial charge on any atom is 0.418 e. The normalized spacial score (nSPS) is 12.6. The van der Waals surface area contributed by atoms with Crippen LogP contribution in [0.15, 0.2) is 24.3 Å². The summed E-state index contributed by atoms with van der Waals surface area (Å²) < 4.78 is 38.6. The lowest BCUT2D eigenvalue weighted by Crippen LogP contribution is -2.43. The smallest absolute Gasteiger partial charge is 0.368 e. The van der Waals surface area contributed by atoms with E-state index in [0.717, 1.165) is 6.07 Å². The van der Waals surface area contributed by atoms with E-state index in [1.807, 2.05) is 13.8 Å². The lowest BCUT2D eigenvalue weighted by Gasteiger charge is -2.37. The summed E-state index contributed by atoms with van der Waals surface area (Å²) in [6, 6.07) is 5.62. The third kappa shape index (κ3) is 3.15. The first-order valence-corrected chi connectivity index (χ1v) is 6.28. The van der Waals surface area contributed by atoms with Crippen LogP contribution in [-0.2, 0) is 6.18 Å². The zero-order chi connectivity index (χ0) is 13.3. The molecule has 1 rings (SSSR count). The highest BCUT2D eigenvalue weighted by atomic mass is 79.9. The van der Waals surface area contributed by atoms with Gasteiger partial charge in [-0.2, -0.15) is 13.2 Å². The molecule has 0 radical (unpaired) electrons. The molecule has 17 heavy (non-hydrogen) atoms.